The molecule has 14 heavy (non-hydrogen) atoms. The maximum Gasteiger partial charge on any atom is 0.126 e. The Morgan fingerprint density at radius 1 is 1.36 bits per heavy atom. The Labute approximate surface area is 86.5 Å². The molecule has 0 saturated heterocycles. The lowest BCUT2D eigenvalue weighted by atomic mass is 9.93. The van der Waals surface area contributed by atoms with Crippen LogP contribution in [0.15, 0.2) is 12.3 Å². The highest BCUT2D eigenvalue weighted by Crippen LogP contribution is 2.21. The van der Waals surface area contributed by atoms with Gasteiger partial charge in [-0.1, -0.05) is 26.7 Å². The van der Waals surface area contributed by atoms with E-state index < -0.39 is 0 Å². The maximum absolute atomic E-state index is 5.87. The second-order valence-electron chi connectivity index (χ2n) is 3.88. The van der Waals surface area contributed by atoms with Crippen LogP contribution in [0.2, 0.25) is 0 Å². The van der Waals surface area contributed by atoms with E-state index in [-0.39, 0.29) is 0 Å². The predicted octanol–water partition coefficient (Wildman–Crippen LogP) is 2.95. The summed E-state index contributed by atoms with van der Waals surface area (Å²) in [5.41, 5.74) is 8.37. The fourth-order valence-corrected chi connectivity index (χ4v) is 1.74. The number of anilines is 1. The van der Waals surface area contributed by atoms with E-state index in [0.717, 1.165) is 12.3 Å². The zero-order valence-corrected chi connectivity index (χ0v) is 9.38. The van der Waals surface area contributed by atoms with Gasteiger partial charge >= 0.3 is 0 Å². The molecule has 2 nitrogen and oxygen atoms in total. The Hall–Kier alpha value is -1.05. The molecule has 0 radical (unpaired) electrons. The van der Waals surface area contributed by atoms with E-state index in [1.165, 1.54) is 24.0 Å². The number of hydrogen-bond acceptors (Lipinski definition) is 2. The van der Waals surface area contributed by atoms with Gasteiger partial charge in [0.2, 0.25) is 0 Å². The Morgan fingerprint density at radius 3 is 2.50 bits per heavy atom. The van der Waals surface area contributed by atoms with Crippen molar-refractivity contribution in [2.45, 2.75) is 40.0 Å². The summed E-state index contributed by atoms with van der Waals surface area (Å²) < 4.78 is 0. The van der Waals surface area contributed by atoms with Crippen LogP contribution in [0.5, 0.6) is 0 Å². The number of aryl methyl sites for hydroxylation is 1. The monoisotopic (exact) mass is 192 g/mol. The third kappa shape index (κ3) is 2.47. The molecule has 1 aromatic rings. The van der Waals surface area contributed by atoms with Crippen molar-refractivity contribution in [3.63, 3.8) is 0 Å². The molecule has 0 unspecified atom stereocenters. The fourth-order valence-electron chi connectivity index (χ4n) is 1.74. The van der Waals surface area contributed by atoms with Crippen LogP contribution >= 0.6 is 0 Å². The molecule has 1 heterocycles. The van der Waals surface area contributed by atoms with Gasteiger partial charge in [0, 0.05) is 6.20 Å². The fraction of sp³-hybridized carbons (Fsp3) is 0.583. The van der Waals surface area contributed by atoms with Crippen LogP contribution in [-0.2, 0) is 6.42 Å². The summed E-state index contributed by atoms with van der Waals surface area (Å²) in [5, 5.41) is 0. The molecular formula is C12H20N2. The van der Waals surface area contributed by atoms with Crippen LogP contribution in [-0.4, -0.2) is 4.98 Å². The van der Waals surface area contributed by atoms with Crippen LogP contribution in [0.25, 0.3) is 0 Å². The first-order valence-electron chi connectivity index (χ1n) is 5.39. The average molecular weight is 192 g/mol. The molecule has 0 amide bonds. The summed E-state index contributed by atoms with van der Waals surface area (Å²) in [4.78, 5) is 4.14. The third-order valence-electron chi connectivity index (χ3n) is 2.97. The van der Waals surface area contributed by atoms with E-state index in [1.807, 2.05) is 6.07 Å². The number of aromatic nitrogens is 1. The smallest absolute Gasteiger partial charge is 0.126 e. The van der Waals surface area contributed by atoms with Crippen molar-refractivity contribution >= 4 is 5.82 Å². The Bertz CT molecular complexity index is 270. The van der Waals surface area contributed by atoms with E-state index in [2.05, 4.69) is 25.8 Å². The molecule has 0 aliphatic heterocycles. The lowest BCUT2D eigenvalue weighted by molar-refractivity contribution is 0.489. The molecule has 2 N–H and O–H groups in total. The van der Waals surface area contributed by atoms with E-state index in [1.54, 1.807) is 6.20 Å². The van der Waals surface area contributed by atoms with Crippen LogP contribution < -0.4 is 5.73 Å². The minimum absolute atomic E-state index is 0.705. The van der Waals surface area contributed by atoms with Crippen LogP contribution in [0.4, 0.5) is 5.82 Å². The number of hydrogen-bond donors (Lipinski definition) is 1. The van der Waals surface area contributed by atoms with Gasteiger partial charge in [0.05, 0.1) is 0 Å². The maximum atomic E-state index is 5.87. The van der Waals surface area contributed by atoms with Crippen molar-refractivity contribution < 1.29 is 0 Å². The lowest BCUT2D eigenvalue weighted by Gasteiger charge is -2.15. The van der Waals surface area contributed by atoms with Crippen molar-refractivity contribution in [2.24, 2.45) is 5.92 Å². The summed E-state index contributed by atoms with van der Waals surface area (Å²) in [5.74, 6) is 1.44. The zero-order valence-electron chi connectivity index (χ0n) is 9.38. The van der Waals surface area contributed by atoms with Crippen molar-refractivity contribution in [3.05, 3.63) is 23.4 Å². The topological polar surface area (TPSA) is 38.9 Å². The first-order chi connectivity index (χ1) is 6.69. The summed E-state index contributed by atoms with van der Waals surface area (Å²) in [7, 11) is 0. The van der Waals surface area contributed by atoms with Crippen molar-refractivity contribution in [1.82, 2.24) is 4.98 Å². The Morgan fingerprint density at radius 2 is 2.00 bits per heavy atom. The van der Waals surface area contributed by atoms with Crippen molar-refractivity contribution in [1.29, 1.82) is 0 Å². The molecule has 0 spiro atoms. The predicted molar refractivity (Wildman–Crippen MR) is 61.2 cm³/mol. The molecule has 0 bridgehead atoms. The second kappa shape index (κ2) is 4.99. The van der Waals surface area contributed by atoms with Gasteiger partial charge in [0.15, 0.2) is 0 Å². The number of nitrogens with two attached hydrogens (primary N) is 1. The van der Waals surface area contributed by atoms with E-state index in [9.17, 15) is 0 Å². The number of pyridine rings is 1. The van der Waals surface area contributed by atoms with E-state index in [4.69, 9.17) is 5.73 Å². The van der Waals surface area contributed by atoms with Crippen molar-refractivity contribution in [3.8, 4) is 0 Å². The molecule has 0 atom stereocenters. The molecule has 0 aliphatic carbocycles. The molecule has 1 aromatic heterocycles. The minimum Gasteiger partial charge on any atom is -0.383 e. The third-order valence-corrected chi connectivity index (χ3v) is 2.97. The molecule has 0 fully saturated rings. The highest BCUT2D eigenvalue weighted by Gasteiger charge is 2.10. The van der Waals surface area contributed by atoms with Crippen LogP contribution in [0, 0.1) is 12.8 Å². The minimum atomic E-state index is 0.705. The largest absolute Gasteiger partial charge is 0.383 e. The van der Waals surface area contributed by atoms with Crippen molar-refractivity contribution in [2.75, 3.05) is 5.73 Å². The quantitative estimate of drug-likeness (QED) is 0.796. The number of nitrogens with zero attached hydrogens (tertiary/aromatic N) is 1. The van der Waals surface area contributed by atoms with Gasteiger partial charge in [-0.05, 0) is 36.5 Å². The molecule has 0 saturated carbocycles. The molecule has 78 valence electrons. The van der Waals surface area contributed by atoms with Crippen LogP contribution in [0.1, 0.15) is 37.8 Å². The molecular weight excluding hydrogens is 172 g/mol. The standard InChI is InChI=1S/C12H20N2/c1-4-10(5-2)8-11-9(3)6-7-14-12(11)13/h6-7,10H,4-5,8H2,1-3H3,(H2,13,14). The molecule has 0 aliphatic rings. The first kappa shape index (κ1) is 11.0. The Kier molecular flexibility index (Phi) is 3.93. The van der Waals surface area contributed by atoms with Gasteiger partial charge in [0.25, 0.3) is 0 Å². The number of rotatable bonds is 4. The van der Waals surface area contributed by atoms with Gasteiger partial charge in [-0.15, -0.1) is 0 Å². The van der Waals surface area contributed by atoms with Gasteiger partial charge in [-0.25, -0.2) is 4.98 Å². The van der Waals surface area contributed by atoms with E-state index >= 15 is 0 Å². The van der Waals surface area contributed by atoms with Gasteiger partial charge < -0.3 is 5.73 Å². The summed E-state index contributed by atoms with van der Waals surface area (Å²) in [6.45, 7) is 6.57. The molecule has 2 heteroatoms. The Balaban J connectivity index is 2.84. The van der Waals surface area contributed by atoms with Gasteiger partial charge in [0.1, 0.15) is 5.82 Å². The summed E-state index contributed by atoms with van der Waals surface area (Å²) in [6.07, 6.45) is 5.27. The van der Waals surface area contributed by atoms with Crippen LogP contribution in [0.3, 0.4) is 0 Å². The normalized spacial score (nSPS) is 10.9. The SMILES string of the molecule is CCC(CC)Cc1c(C)ccnc1N. The average Bonchev–Trinajstić information content (AvgIpc) is 2.18. The highest BCUT2D eigenvalue weighted by molar-refractivity contribution is 5.43. The molecule has 1 rings (SSSR count). The zero-order chi connectivity index (χ0) is 10.6. The van der Waals surface area contributed by atoms with Gasteiger partial charge in [-0.3, -0.25) is 0 Å². The highest BCUT2D eigenvalue weighted by atomic mass is 14.8. The second-order valence-corrected chi connectivity index (χ2v) is 3.88. The molecule has 0 aromatic carbocycles. The van der Waals surface area contributed by atoms with Gasteiger partial charge in [-0.2, -0.15) is 0 Å². The van der Waals surface area contributed by atoms with E-state index in [0.29, 0.717) is 5.82 Å². The summed E-state index contributed by atoms with van der Waals surface area (Å²) >= 11 is 0. The number of nitrogen functional groups attached to an aromatic ring is 1. The lowest BCUT2D eigenvalue weighted by Crippen LogP contribution is -2.07. The summed E-state index contributed by atoms with van der Waals surface area (Å²) in [6, 6.07) is 2.04. The first-order valence-corrected chi connectivity index (χ1v) is 5.39.